The second kappa shape index (κ2) is 12.4. The first-order chi connectivity index (χ1) is 14.4. The zero-order valence-electron chi connectivity index (χ0n) is 17.3. The first-order valence-corrected chi connectivity index (χ1v) is 10.9. The van der Waals surface area contributed by atoms with Crippen LogP contribution in [0.1, 0.15) is 25.3 Å². The molecule has 0 unspecified atom stereocenters. The average molecular weight is 568 g/mol. The van der Waals surface area contributed by atoms with Gasteiger partial charge in [0.2, 0.25) is 0 Å². The fourth-order valence-electron chi connectivity index (χ4n) is 3.23. The molecule has 1 aliphatic rings. The summed E-state index contributed by atoms with van der Waals surface area (Å²) in [4.78, 5) is 7.04. The van der Waals surface area contributed by atoms with Gasteiger partial charge in [0.1, 0.15) is 5.75 Å². The number of hydrogen-bond donors (Lipinski definition) is 2. The molecule has 0 atom stereocenters. The lowest BCUT2D eigenvalue weighted by Crippen LogP contribution is -2.48. The van der Waals surface area contributed by atoms with Crippen LogP contribution in [0.3, 0.4) is 0 Å². The van der Waals surface area contributed by atoms with Crippen LogP contribution in [-0.2, 0) is 6.54 Å². The van der Waals surface area contributed by atoms with Crippen LogP contribution >= 0.6 is 35.3 Å². The summed E-state index contributed by atoms with van der Waals surface area (Å²) in [6, 6.07) is 11.1. The number of benzene rings is 1. The molecular weight excluding hydrogens is 540 g/mol. The van der Waals surface area contributed by atoms with Crippen molar-refractivity contribution < 1.29 is 17.9 Å². The summed E-state index contributed by atoms with van der Waals surface area (Å²) in [5, 5.41) is 10.2. The van der Waals surface area contributed by atoms with Crippen LogP contribution < -0.4 is 20.3 Å². The highest BCUT2D eigenvalue weighted by atomic mass is 127. The molecule has 5 nitrogen and oxygen atoms in total. The fourth-order valence-corrected chi connectivity index (χ4v) is 4.02. The number of rotatable bonds is 7. The molecule has 1 saturated heterocycles. The molecule has 0 radical (unpaired) electrons. The van der Waals surface area contributed by atoms with Crippen LogP contribution in [0.15, 0.2) is 46.8 Å². The first-order valence-electron chi connectivity index (χ1n) is 10.0. The molecule has 1 aromatic carbocycles. The number of anilines is 1. The van der Waals surface area contributed by atoms with Crippen LogP contribution in [0, 0.1) is 0 Å². The van der Waals surface area contributed by atoms with E-state index in [1.807, 2.05) is 6.92 Å². The molecule has 0 bridgehead atoms. The molecule has 2 aromatic rings. The molecule has 1 fully saturated rings. The predicted octanol–water partition coefficient (Wildman–Crippen LogP) is 5.03. The molecule has 31 heavy (non-hydrogen) atoms. The maximum Gasteiger partial charge on any atom is 0.422 e. The van der Waals surface area contributed by atoms with Crippen molar-refractivity contribution in [1.82, 2.24) is 10.6 Å². The van der Waals surface area contributed by atoms with E-state index >= 15 is 0 Å². The Morgan fingerprint density at radius 1 is 1.19 bits per heavy atom. The Morgan fingerprint density at radius 2 is 1.90 bits per heavy atom. The lowest BCUT2D eigenvalue weighted by molar-refractivity contribution is -0.153. The zero-order valence-corrected chi connectivity index (χ0v) is 20.5. The monoisotopic (exact) mass is 568 g/mol. The van der Waals surface area contributed by atoms with Crippen molar-refractivity contribution in [2.24, 2.45) is 4.99 Å². The molecule has 10 heteroatoms. The summed E-state index contributed by atoms with van der Waals surface area (Å²) in [5.74, 6) is 0.951. The van der Waals surface area contributed by atoms with Crippen LogP contribution in [0.2, 0.25) is 0 Å². The fraction of sp³-hybridized carbons (Fsp3) is 0.476. The van der Waals surface area contributed by atoms with E-state index in [1.165, 1.54) is 17.1 Å². The smallest absolute Gasteiger partial charge is 0.422 e. The Morgan fingerprint density at radius 3 is 2.48 bits per heavy atom. The Balaban J connectivity index is 0.00000341. The van der Waals surface area contributed by atoms with Gasteiger partial charge in [-0.1, -0.05) is 12.1 Å². The summed E-state index contributed by atoms with van der Waals surface area (Å²) in [7, 11) is 0. The maximum atomic E-state index is 12.2. The highest BCUT2D eigenvalue weighted by molar-refractivity contribution is 14.0. The summed E-state index contributed by atoms with van der Waals surface area (Å²) >= 11 is 1.77. The standard InChI is InChI=1S/C21H27F3N4OS.HI/c1-2-25-20(27-17-9-11-28(12-10-17)19-4-3-13-30-19)26-14-16-5-7-18(8-6-16)29-15-21(22,23)24;/h3-8,13,17H,2,9-12,14-15H2,1H3,(H2,25,26,27);1H. The van der Waals surface area contributed by atoms with Gasteiger partial charge in [0.05, 0.1) is 11.5 Å². The minimum atomic E-state index is -4.34. The van der Waals surface area contributed by atoms with Crippen molar-refractivity contribution >= 4 is 46.3 Å². The molecule has 0 saturated carbocycles. The van der Waals surface area contributed by atoms with Crippen molar-refractivity contribution in [3.8, 4) is 5.75 Å². The van der Waals surface area contributed by atoms with E-state index in [4.69, 9.17) is 4.74 Å². The van der Waals surface area contributed by atoms with Crippen molar-refractivity contribution in [2.75, 3.05) is 31.1 Å². The van der Waals surface area contributed by atoms with Gasteiger partial charge < -0.3 is 20.3 Å². The second-order valence-electron chi connectivity index (χ2n) is 7.10. The van der Waals surface area contributed by atoms with Gasteiger partial charge in [0.25, 0.3) is 0 Å². The van der Waals surface area contributed by atoms with Gasteiger partial charge in [-0.15, -0.1) is 35.3 Å². The molecule has 3 rings (SSSR count). The van der Waals surface area contributed by atoms with Crippen molar-refractivity contribution in [3.05, 3.63) is 47.3 Å². The van der Waals surface area contributed by atoms with E-state index in [0.717, 1.165) is 44.0 Å². The number of thiophene rings is 1. The maximum absolute atomic E-state index is 12.2. The van der Waals surface area contributed by atoms with Gasteiger partial charge >= 0.3 is 6.18 Å². The number of halogens is 4. The number of alkyl halides is 3. The van der Waals surface area contributed by atoms with Crippen LogP contribution in [-0.4, -0.2) is 44.4 Å². The van der Waals surface area contributed by atoms with Gasteiger partial charge in [-0.3, -0.25) is 0 Å². The van der Waals surface area contributed by atoms with Crippen molar-refractivity contribution in [3.63, 3.8) is 0 Å². The molecule has 0 amide bonds. The molecule has 172 valence electrons. The normalized spacial score (nSPS) is 15.4. The second-order valence-corrected chi connectivity index (χ2v) is 8.03. The number of guanidine groups is 1. The van der Waals surface area contributed by atoms with E-state index in [0.29, 0.717) is 12.6 Å². The van der Waals surface area contributed by atoms with Gasteiger partial charge in [-0.05, 0) is 55.0 Å². The highest BCUT2D eigenvalue weighted by Gasteiger charge is 2.28. The molecule has 0 spiro atoms. The largest absolute Gasteiger partial charge is 0.484 e. The topological polar surface area (TPSA) is 48.9 Å². The summed E-state index contributed by atoms with van der Waals surface area (Å²) in [5.41, 5.74) is 0.902. The number of ether oxygens (including phenoxy) is 1. The average Bonchev–Trinajstić information content (AvgIpc) is 3.26. The molecular formula is C21H28F3IN4OS. The third-order valence-corrected chi connectivity index (χ3v) is 5.67. The van der Waals surface area contributed by atoms with E-state index in [1.54, 1.807) is 23.5 Å². The van der Waals surface area contributed by atoms with Crippen molar-refractivity contribution in [1.29, 1.82) is 0 Å². The third-order valence-electron chi connectivity index (χ3n) is 4.74. The Bertz CT molecular complexity index is 792. The zero-order chi connectivity index (χ0) is 21.4. The molecule has 1 aromatic heterocycles. The van der Waals surface area contributed by atoms with Crippen LogP contribution in [0.4, 0.5) is 18.2 Å². The molecule has 2 heterocycles. The number of piperidine rings is 1. The van der Waals surface area contributed by atoms with Gasteiger partial charge in [-0.25, -0.2) is 4.99 Å². The molecule has 0 aliphatic carbocycles. The molecule has 2 N–H and O–H groups in total. The number of nitrogens with one attached hydrogen (secondary N) is 2. The van der Waals surface area contributed by atoms with E-state index in [-0.39, 0.29) is 29.7 Å². The SMILES string of the molecule is CCNC(=NCc1ccc(OCC(F)(F)F)cc1)NC1CCN(c2cccs2)CC1.I. The number of hydrogen-bond acceptors (Lipinski definition) is 4. The minimum absolute atomic E-state index is 0. The lowest BCUT2D eigenvalue weighted by atomic mass is 10.1. The summed E-state index contributed by atoms with van der Waals surface area (Å²) in [6.07, 6.45) is -2.27. The Hall–Kier alpha value is -1.69. The van der Waals surface area contributed by atoms with Gasteiger partial charge in [0.15, 0.2) is 12.6 Å². The van der Waals surface area contributed by atoms with Gasteiger partial charge in [0, 0.05) is 25.7 Å². The summed E-state index contributed by atoms with van der Waals surface area (Å²) in [6.45, 7) is 3.94. The number of nitrogens with zero attached hydrogens (tertiary/aromatic N) is 2. The van der Waals surface area contributed by atoms with E-state index in [9.17, 15) is 13.2 Å². The highest BCUT2D eigenvalue weighted by Crippen LogP contribution is 2.25. The predicted molar refractivity (Wildman–Crippen MR) is 131 cm³/mol. The third kappa shape index (κ3) is 8.76. The lowest BCUT2D eigenvalue weighted by Gasteiger charge is -2.33. The van der Waals surface area contributed by atoms with Crippen LogP contribution in [0.25, 0.3) is 0 Å². The van der Waals surface area contributed by atoms with Gasteiger partial charge in [-0.2, -0.15) is 13.2 Å². The van der Waals surface area contributed by atoms with E-state index in [2.05, 4.69) is 38.0 Å². The van der Waals surface area contributed by atoms with Crippen LogP contribution in [0.5, 0.6) is 5.75 Å². The first kappa shape index (κ1) is 25.6. The number of aliphatic imine (C=N–C) groups is 1. The Kier molecular flexibility index (Phi) is 10.2. The Labute approximate surface area is 202 Å². The minimum Gasteiger partial charge on any atom is -0.484 e. The quantitative estimate of drug-likeness (QED) is 0.280. The van der Waals surface area contributed by atoms with E-state index < -0.39 is 12.8 Å². The van der Waals surface area contributed by atoms with Crippen molar-refractivity contribution in [2.45, 2.75) is 38.5 Å². The summed E-state index contributed by atoms with van der Waals surface area (Å²) < 4.78 is 41.4. The molecule has 1 aliphatic heterocycles.